The second-order valence-corrected chi connectivity index (χ2v) is 3.00. The Kier molecular flexibility index (Phi) is 2.64. The van der Waals surface area contributed by atoms with Crippen LogP contribution in [0.1, 0.15) is 11.7 Å². The van der Waals surface area contributed by atoms with Crippen LogP contribution in [0.3, 0.4) is 0 Å². The molecule has 0 aliphatic heterocycles. The highest BCUT2D eigenvalue weighted by Crippen LogP contribution is 2.15. The van der Waals surface area contributed by atoms with E-state index in [0.717, 1.165) is 4.47 Å². The van der Waals surface area contributed by atoms with Gasteiger partial charge in [-0.05, 0) is 17.7 Å². The summed E-state index contributed by atoms with van der Waals surface area (Å²) < 4.78 is 0.936. The number of hydrogen-bond acceptors (Lipinski definition) is 2. The first-order valence-corrected chi connectivity index (χ1v) is 3.86. The SMILES string of the molecule is N#C[C@H](O)c1ccc(Br)cc1. The molecule has 0 aliphatic rings. The highest BCUT2D eigenvalue weighted by Gasteiger charge is 2.03. The van der Waals surface area contributed by atoms with Gasteiger partial charge in [0.25, 0.3) is 0 Å². The first-order valence-electron chi connectivity index (χ1n) is 3.07. The molecule has 11 heavy (non-hydrogen) atoms. The van der Waals surface area contributed by atoms with Gasteiger partial charge in [-0.2, -0.15) is 5.26 Å². The van der Waals surface area contributed by atoms with Gasteiger partial charge in [0, 0.05) is 4.47 Å². The van der Waals surface area contributed by atoms with Crippen molar-refractivity contribution in [2.75, 3.05) is 0 Å². The fourth-order valence-corrected chi connectivity index (χ4v) is 0.984. The number of halogens is 1. The van der Waals surface area contributed by atoms with Gasteiger partial charge in [-0.3, -0.25) is 0 Å². The van der Waals surface area contributed by atoms with E-state index in [1.165, 1.54) is 0 Å². The van der Waals surface area contributed by atoms with E-state index in [0.29, 0.717) is 5.56 Å². The van der Waals surface area contributed by atoms with Crippen LogP contribution in [0, 0.1) is 11.3 Å². The van der Waals surface area contributed by atoms with Crippen LogP contribution in [-0.4, -0.2) is 5.11 Å². The summed E-state index contributed by atoms with van der Waals surface area (Å²) in [5.41, 5.74) is 0.621. The van der Waals surface area contributed by atoms with Gasteiger partial charge in [0.2, 0.25) is 0 Å². The third kappa shape index (κ3) is 2.04. The molecule has 0 aliphatic carbocycles. The molecule has 1 aromatic carbocycles. The molecule has 0 unspecified atom stereocenters. The van der Waals surface area contributed by atoms with Crippen molar-refractivity contribution in [2.45, 2.75) is 6.10 Å². The van der Waals surface area contributed by atoms with Crippen molar-refractivity contribution in [3.63, 3.8) is 0 Å². The van der Waals surface area contributed by atoms with Crippen LogP contribution >= 0.6 is 15.9 Å². The molecule has 0 aromatic heterocycles. The molecule has 0 saturated carbocycles. The molecule has 0 saturated heterocycles. The van der Waals surface area contributed by atoms with E-state index in [1.54, 1.807) is 30.3 Å². The molecule has 1 N–H and O–H groups in total. The number of aliphatic hydroxyl groups is 1. The summed E-state index contributed by atoms with van der Waals surface area (Å²) in [4.78, 5) is 0. The fraction of sp³-hybridized carbons (Fsp3) is 0.125. The maximum Gasteiger partial charge on any atom is 0.165 e. The topological polar surface area (TPSA) is 44.0 Å². The number of nitriles is 1. The second-order valence-electron chi connectivity index (χ2n) is 2.08. The van der Waals surface area contributed by atoms with Crippen molar-refractivity contribution in [3.05, 3.63) is 34.3 Å². The van der Waals surface area contributed by atoms with Gasteiger partial charge in [-0.25, -0.2) is 0 Å². The van der Waals surface area contributed by atoms with Crippen molar-refractivity contribution in [3.8, 4) is 6.07 Å². The van der Waals surface area contributed by atoms with Crippen LogP contribution in [0.15, 0.2) is 28.7 Å². The monoisotopic (exact) mass is 211 g/mol. The smallest absolute Gasteiger partial charge is 0.165 e. The zero-order chi connectivity index (χ0) is 8.27. The molecular weight excluding hydrogens is 206 g/mol. The normalized spacial score (nSPS) is 12.1. The lowest BCUT2D eigenvalue weighted by Gasteiger charge is -2.00. The lowest BCUT2D eigenvalue weighted by Crippen LogP contribution is -1.91. The molecule has 0 bridgehead atoms. The average Bonchev–Trinajstić information content (AvgIpc) is 2.05. The molecule has 1 aromatic rings. The summed E-state index contributed by atoms with van der Waals surface area (Å²) >= 11 is 3.25. The van der Waals surface area contributed by atoms with Crippen LogP contribution in [-0.2, 0) is 0 Å². The molecule has 56 valence electrons. The number of hydrogen-bond donors (Lipinski definition) is 1. The second kappa shape index (κ2) is 3.51. The quantitative estimate of drug-likeness (QED) is 0.723. The van der Waals surface area contributed by atoms with Gasteiger partial charge in [-0.1, -0.05) is 28.1 Å². The number of nitrogens with zero attached hydrogens (tertiary/aromatic N) is 1. The lowest BCUT2D eigenvalue weighted by atomic mass is 10.1. The molecule has 0 radical (unpaired) electrons. The van der Waals surface area contributed by atoms with Crippen LogP contribution in [0.25, 0.3) is 0 Å². The Bertz CT molecular complexity index is 275. The van der Waals surface area contributed by atoms with E-state index in [2.05, 4.69) is 15.9 Å². The maximum atomic E-state index is 9.04. The Labute approximate surface area is 73.2 Å². The van der Waals surface area contributed by atoms with Crippen molar-refractivity contribution >= 4 is 15.9 Å². The molecule has 2 nitrogen and oxygen atoms in total. The summed E-state index contributed by atoms with van der Waals surface area (Å²) in [5.74, 6) is 0. The molecule has 0 spiro atoms. The van der Waals surface area contributed by atoms with Crippen LogP contribution in [0.2, 0.25) is 0 Å². The van der Waals surface area contributed by atoms with E-state index < -0.39 is 6.10 Å². The van der Waals surface area contributed by atoms with Crippen molar-refractivity contribution in [1.82, 2.24) is 0 Å². The summed E-state index contributed by atoms with van der Waals surface area (Å²) in [6.45, 7) is 0. The standard InChI is InChI=1S/C8H6BrNO/c9-7-3-1-6(2-4-7)8(11)5-10/h1-4,8,11H/t8-/m0/s1. The van der Waals surface area contributed by atoms with Crippen molar-refractivity contribution in [2.24, 2.45) is 0 Å². The average molecular weight is 212 g/mol. The highest BCUT2D eigenvalue weighted by molar-refractivity contribution is 9.10. The Morgan fingerprint density at radius 1 is 1.36 bits per heavy atom. The summed E-state index contributed by atoms with van der Waals surface area (Å²) in [7, 11) is 0. The Morgan fingerprint density at radius 3 is 2.36 bits per heavy atom. The lowest BCUT2D eigenvalue weighted by molar-refractivity contribution is 0.236. The largest absolute Gasteiger partial charge is 0.374 e. The van der Waals surface area contributed by atoms with Crippen molar-refractivity contribution < 1.29 is 5.11 Å². The third-order valence-corrected chi connectivity index (χ3v) is 1.84. The predicted molar refractivity (Wildman–Crippen MR) is 44.7 cm³/mol. The summed E-state index contributed by atoms with van der Waals surface area (Å²) in [6.07, 6.45) is -1.01. The molecule has 1 atom stereocenters. The number of benzene rings is 1. The first kappa shape index (κ1) is 8.25. The maximum absolute atomic E-state index is 9.04. The predicted octanol–water partition coefficient (Wildman–Crippen LogP) is 2.01. The Hall–Kier alpha value is -0.850. The Morgan fingerprint density at radius 2 is 1.91 bits per heavy atom. The van der Waals surface area contributed by atoms with Crippen LogP contribution in [0.5, 0.6) is 0 Å². The molecule has 0 amide bonds. The fourth-order valence-electron chi connectivity index (χ4n) is 0.720. The van der Waals surface area contributed by atoms with Gasteiger partial charge < -0.3 is 5.11 Å². The molecule has 0 heterocycles. The van der Waals surface area contributed by atoms with Crippen LogP contribution in [0.4, 0.5) is 0 Å². The minimum atomic E-state index is -1.01. The number of aliphatic hydroxyl groups excluding tert-OH is 1. The van der Waals surface area contributed by atoms with Gasteiger partial charge in [-0.15, -0.1) is 0 Å². The molecule has 3 heteroatoms. The van der Waals surface area contributed by atoms with E-state index in [-0.39, 0.29) is 0 Å². The van der Waals surface area contributed by atoms with E-state index in [1.807, 2.05) is 0 Å². The van der Waals surface area contributed by atoms with Crippen LogP contribution < -0.4 is 0 Å². The molecular formula is C8H6BrNO. The van der Waals surface area contributed by atoms with Gasteiger partial charge in [0.05, 0.1) is 6.07 Å². The van der Waals surface area contributed by atoms with E-state index in [4.69, 9.17) is 10.4 Å². The summed E-state index contributed by atoms with van der Waals surface area (Å²) in [5, 5.41) is 17.4. The van der Waals surface area contributed by atoms with E-state index >= 15 is 0 Å². The van der Waals surface area contributed by atoms with Gasteiger partial charge in [0.1, 0.15) is 0 Å². The van der Waals surface area contributed by atoms with Gasteiger partial charge in [0.15, 0.2) is 6.10 Å². The van der Waals surface area contributed by atoms with Crippen molar-refractivity contribution in [1.29, 1.82) is 5.26 Å². The molecule has 0 fully saturated rings. The van der Waals surface area contributed by atoms with Gasteiger partial charge >= 0.3 is 0 Å². The minimum absolute atomic E-state index is 0.621. The highest BCUT2D eigenvalue weighted by atomic mass is 79.9. The third-order valence-electron chi connectivity index (χ3n) is 1.31. The first-order chi connectivity index (χ1) is 5.24. The zero-order valence-corrected chi connectivity index (χ0v) is 7.25. The Balaban J connectivity index is 2.92. The number of rotatable bonds is 1. The van der Waals surface area contributed by atoms with E-state index in [9.17, 15) is 0 Å². The summed E-state index contributed by atoms with van der Waals surface area (Å²) in [6, 6.07) is 8.73. The zero-order valence-electron chi connectivity index (χ0n) is 5.66. The molecule has 1 rings (SSSR count). The minimum Gasteiger partial charge on any atom is -0.374 e.